The molecule has 3 atom stereocenters. The predicted octanol–water partition coefficient (Wildman–Crippen LogP) is -1.98. The van der Waals surface area contributed by atoms with Gasteiger partial charge in [0.15, 0.2) is 0 Å². The summed E-state index contributed by atoms with van der Waals surface area (Å²) in [6, 6.07) is -3.67. The molecule has 11 heteroatoms. The third-order valence-corrected chi connectivity index (χ3v) is 3.29. The minimum absolute atomic E-state index is 0.0252. The van der Waals surface area contributed by atoms with Crippen LogP contribution in [0.15, 0.2) is 0 Å². The van der Waals surface area contributed by atoms with Gasteiger partial charge in [0, 0.05) is 0 Å². The second-order valence-electron chi connectivity index (χ2n) is 6.18. The number of carbonyl (C=O) groups excluding carboxylic acids is 3. The fourth-order valence-corrected chi connectivity index (χ4v) is 1.99. The van der Waals surface area contributed by atoms with E-state index in [4.69, 9.17) is 15.9 Å². The standard InChI is InChI=1S/C15H26N4O7/c1-7(2)4-9(13(23)17-8(3)15(25)26)19-14(24)10(5-12(21)22)18-11(20)6-16/h7-10H,4-6,16H2,1-3H3,(H,17,23)(H,18,20)(H,19,24)(H,21,22)(H,25,26)/t8-,9-,10-/m0/s1. The average Bonchev–Trinajstić information content (AvgIpc) is 2.52. The van der Waals surface area contributed by atoms with Crippen molar-refractivity contribution >= 4 is 29.7 Å². The molecule has 11 nitrogen and oxygen atoms in total. The van der Waals surface area contributed by atoms with Crippen LogP contribution in [0.25, 0.3) is 0 Å². The zero-order valence-corrected chi connectivity index (χ0v) is 14.9. The van der Waals surface area contributed by atoms with Crippen LogP contribution in [0, 0.1) is 5.92 Å². The summed E-state index contributed by atoms with van der Waals surface area (Å²) in [6.07, 6.45) is -0.506. The molecule has 0 aromatic rings. The number of carboxylic acids is 2. The van der Waals surface area contributed by atoms with Gasteiger partial charge in [0.05, 0.1) is 13.0 Å². The third kappa shape index (κ3) is 8.97. The highest BCUT2D eigenvalue weighted by molar-refractivity contribution is 5.95. The number of carboxylic acid groups (broad SMARTS) is 2. The fraction of sp³-hybridized carbons (Fsp3) is 0.667. The first-order chi connectivity index (χ1) is 12.0. The van der Waals surface area contributed by atoms with E-state index in [1.807, 2.05) is 0 Å². The van der Waals surface area contributed by atoms with E-state index in [1.54, 1.807) is 13.8 Å². The van der Waals surface area contributed by atoms with Gasteiger partial charge in [-0.05, 0) is 19.3 Å². The first-order valence-corrected chi connectivity index (χ1v) is 8.02. The minimum atomic E-state index is -1.41. The van der Waals surface area contributed by atoms with E-state index < -0.39 is 60.8 Å². The van der Waals surface area contributed by atoms with Gasteiger partial charge in [-0.15, -0.1) is 0 Å². The highest BCUT2D eigenvalue weighted by Crippen LogP contribution is 2.07. The Bertz CT molecular complexity index is 550. The van der Waals surface area contributed by atoms with Gasteiger partial charge in [-0.25, -0.2) is 0 Å². The largest absolute Gasteiger partial charge is 0.481 e. The van der Waals surface area contributed by atoms with Gasteiger partial charge in [0.2, 0.25) is 17.7 Å². The molecule has 0 aromatic heterocycles. The molecule has 0 aliphatic rings. The number of amides is 3. The lowest BCUT2D eigenvalue weighted by Gasteiger charge is -2.24. The summed E-state index contributed by atoms with van der Waals surface area (Å²) in [5.41, 5.74) is 5.14. The van der Waals surface area contributed by atoms with E-state index in [1.165, 1.54) is 6.92 Å². The monoisotopic (exact) mass is 374 g/mol. The van der Waals surface area contributed by atoms with Crippen molar-refractivity contribution in [2.24, 2.45) is 11.7 Å². The first-order valence-electron chi connectivity index (χ1n) is 8.02. The van der Waals surface area contributed by atoms with Gasteiger partial charge in [-0.1, -0.05) is 13.8 Å². The zero-order chi connectivity index (χ0) is 20.4. The fourth-order valence-electron chi connectivity index (χ4n) is 1.99. The Balaban J connectivity index is 5.21. The summed E-state index contributed by atoms with van der Waals surface area (Å²) in [5.74, 6) is -4.92. The van der Waals surface area contributed by atoms with Crippen LogP contribution in [-0.4, -0.2) is 64.5 Å². The summed E-state index contributed by atoms with van der Waals surface area (Å²) >= 11 is 0. The molecule has 0 aromatic carbocycles. The predicted molar refractivity (Wildman–Crippen MR) is 89.9 cm³/mol. The molecule has 0 saturated carbocycles. The SMILES string of the molecule is CC(C)C[C@H](NC(=O)[C@H](CC(=O)O)NC(=O)CN)C(=O)N[C@@H](C)C(=O)O. The van der Waals surface area contributed by atoms with Crippen LogP contribution in [0.4, 0.5) is 0 Å². The van der Waals surface area contributed by atoms with E-state index in [0.29, 0.717) is 0 Å². The second kappa shape index (κ2) is 11.0. The maximum atomic E-state index is 12.3. The Hall–Kier alpha value is -2.69. The summed E-state index contributed by atoms with van der Waals surface area (Å²) < 4.78 is 0. The normalized spacial score (nSPS) is 14.0. The van der Waals surface area contributed by atoms with Crippen LogP contribution in [0.1, 0.15) is 33.6 Å². The highest BCUT2D eigenvalue weighted by Gasteiger charge is 2.29. The van der Waals surface area contributed by atoms with Crippen LogP contribution in [0.5, 0.6) is 0 Å². The van der Waals surface area contributed by atoms with E-state index in [0.717, 1.165) is 0 Å². The molecule has 0 bridgehead atoms. The lowest BCUT2D eigenvalue weighted by Crippen LogP contribution is -2.56. The van der Waals surface area contributed by atoms with Crippen molar-refractivity contribution in [1.29, 1.82) is 0 Å². The van der Waals surface area contributed by atoms with Crippen LogP contribution in [0.2, 0.25) is 0 Å². The smallest absolute Gasteiger partial charge is 0.325 e. The van der Waals surface area contributed by atoms with Crippen molar-refractivity contribution in [2.75, 3.05) is 6.54 Å². The van der Waals surface area contributed by atoms with Crippen molar-refractivity contribution in [2.45, 2.75) is 51.7 Å². The van der Waals surface area contributed by atoms with Gasteiger partial charge >= 0.3 is 11.9 Å². The number of aliphatic carboxylic acids is 2. The lowest BCUT2D eigenvalue weighted by molar-refractivity contribution is -0.143. The number of nitrogens with two attached hydrogens (primary N) is 1. The molecule has 0 spiro atoms. The van der Waals surface area contributed by atoms with E-state index in [9.17, 15) is 24.0 Å². The molecule has 0 saturated heterocycles. The van der Waals surface area contributed by atoms with Crippen molar-refractivity contribution in [3.63, 3.8) is 0 Å². The Morgan fingerprint density at radius 2 is 1.42 bits per heavy atom. The molecule has 0 radical (unpaired) electrons. The van der Waals surface area contributed by atoms with E-state index in [-0.39, 0.29) is 12.3 Å². The number of nitrogens with one attached hydrogen (secondary N) is 3. The van der Waals surface area contributed by atoms with Crippen LogP contribution >= 0.6 is 0 Å². The van der Waals surface area contributed by atoms with Gasteiger partial charge in [-0.2, -0.15) is 0 Å². The molecule has 0 fully saturated rings. The van der Waals surface area contributed by atoms with Crippen molar-refractivity contribution in [3.8, 4) is 0 Å². The molecule has 0 heterocycles. The quantitative estimate of drug-likeness (QED) is 0.240. The highest BCUT2D eigenvalue weighted by atomic mass is 16.4. The maximum absolute atomic E-state index is 12.3. The number of rotatable bonds is 11. The summed E-state index contributed by atoms with van der Waals surface area (Å²) in [4.78, 5) is 57.7. The third-order valence-electron chi connectivity index (χ3n) is 3.29. The number of hydrogen-bond donors (Lipinski definition) is 6. The Morgan fingerprint density at radius 1 is 0.885 bits per heavy atom. The molecule has 0 rings (SSSR count). The molecule has 0 aliphatic carbocycles. The van der Waals surface area contributed by atoms with E-state index in [2.05, 4.69) is 16.0 Å². The van der Waals surface area contributed by atoms with Gasteiger partial charge < -0.3 is 31.9 Å². The summed E-state index contributed by atoms with van der Waals surface area (Å²) in [6.45, 7) is 4.41. The Labute approximate surface area is 150 Å². The minimum Gasteiger partial charge on any atom is -0.481 e. The summed E-state index contributed by atoms with van der Waals surface area (Å²) in [5, 5.41) is 24.5. The van der Waals surface area contributed by atoms with Crippen LogP contribution in [-0.2, 0) is 24.0 Å². The number of hydrogen-bond acceptors (Lipinski definition) is 6. The van der Waals surface area contributed by atoms with E-state index >= 15 is 0 Å². The van der Waals surface area contributed by atoms with Crippen LogP contribution < -0.4 is 21.7 Å². The average molecular weight is 374 g/mol. The molecule has 0 aliphatic heterocycles. The lowest BCUT2D eigenvalue weighted by atomic mass is 10.0. The Kier molecular flexibility index (Phi) is 9.89. The second-order valence-corrected chi connectivity index (χ2v) is 6.18. The topological polar surface area (TPSA) is 188 Å². The zero-order valence-electron chi connectivity index (χ0n) is 14.9. The van der Waals surface area contributed by atoms with Crippen molar-refractivity contribution < 1.29 is 34.2 Å². The molecule has 148 valence electrons. The molecule has 3 amide bonds. The molecular formula is C15H26N4O7. The molecule has 7 N–H and O–H groups in total. The molecule has 0 unspecified atom stereocenters. The van der Waals surface area contributed by atoms with Crippen LogP contribution in [0.3, 0.4) is 0 Å². The van der Waals surface area contributed by atoms with Crippen molar-refractivity contribution in [3.05, 3.63) is 0 Å². The molecule has 26 heavy (non-hydrogen) atoms. The van der Waals surface area contributed by atoms with Crippen molar-refractivity contribution in [1.82, 2.24) is 16.0 Å². The van der Waals surface area contributed by atoms with Gasteiger partial charge in [0.1, 0.15) is 18.1 Å². The first kappa shape index (κ1) is 23.3. The number of carbonyl (C=O) groups is 5. The van der Waals surface area contributed by atoms with Gasteiger partial charge in [-0.3, -0.25) is 24.0 Å². The van der Waals surface area contributed by atoms with Gasteiger partial charge in [0.25, 0.3) is 0 Å². The molecular weight excluding hydrogens is 348 g/mol. The summed E-state index contributed by atoms with van der Waals surface area (Å²) in [7, 11) is 0. The Morgan fingerprint density at radius 3 is 1.85 bits per heavy atom. The maximum Gasteiger partial charge on any atom is 0.325 e.